The van der Waals surface area contributed by atoms with Crippen molar-refractivity contribution in [2.75, 3.05) is 13.6 Å². The molecule has 0 aromatic carbocycles. The zero-order valence-electron chi connectivity index (χ0n) is 10.7. The fourth-order valence-electron chi connectivity index (χ4n) is 1.86. The Kier molecular flexibility index (Phi) is 11.9. The topological polar surface area (TPSA) is 38.0 Å². The summed E-state index contributed by atoms with van der Waals surface area (Å²) in [5, 5.41) is 3.13. The highest BCUT2D eigenvalue weighted by Crippen LogP contribution is 2.14. The molecule has 1 rings (SSSR count). The highest BCUT2D eigenvalue weighted by molar-refractivity contribution is 4.66. The van der Waals surface area contributed by atoms with Crippen molar-refractivity contribution in [3.8, 4) is 0 Å². The summed E-state index contributed by atoms with van der Waals surface area (Å²) in [7, 11) is 2.01. The van der Waals surface area contributed by atoms with E-state index in [9.17, 15) is 0 Å². The Balaban J connectivity index is 0.000000262. The van der Waals surface area contributed by atoms with Crippen LogP contribution in [-0.4, -0.2) is 19.6 Å². The second kappa shape index (κ2) is 12.0. The van der Waals surface area contributed by atoms with Gasteiger partial charge in [-0.3, -0.25) is 0 Å². The number of hydrogen-bond donors (Lipinski definition) is 2. The molecule has 0 saturated heterocycles. The second-order valence-electron chi connectivity index (χ2n) is 4.56. The Labute approximate surface area is 96.0 Å². The molecule has 0 unspecified atom stereocenters. The largest absolute Gasteiger partial charge is 0.328 e. The highest BCUT2D eigenvalue weighted by Gasteiger charge is 2.06. The summed E-state index contributed by atoms with van der Waals surface area (Å²) in [6.07, 6.45) is 12.1. The predicted octanol–water partition coefficient (Wildman–Crippen LogP) is 3.06. The van der Waals surface area contributed by atoms with E-state index >= 15 is 0 Å². The van der Waals surface area contributed by atoms with Crippen molar-refractivity contribution < 1.29 is 0 Å². The van der Waals surface area contributed by atoms with Gasteiger partial charge >= 0.3 is 0 Å². The molecule has 3 N–H and O–H groups in total. The van der Waals surface area contributed by atoms with Gasteiger partial charge in [-0.15, -0.1) is 0 Å². The first-order valence-electron chi connectivity index (χ1n) is 6.71. The monoisotopic (exact) mass is 214 g/mol. The Bertz CT molecular complexity index is 103. The van der Waals surface area contributed by atoms with E-state index in [0.29, 0.717) is 6.04 Å². The van der Waals surface area contributed by atoms with E-state index in [1.807, 2.05) is 7.05 Å². The lowest BCUT2D eigenvalue weighted by Gasteiger charge is -2.15. The smallest absolute Gasteiger partial charge is 0.00388 e. The van der Waals surface area contributed by atoms with Gasteiger partial charge in [-0.1, -0.05) is 45.4 Å². The minimum atomic E-state index is 0.536. The summed E-state index contributed by atoms with van der Waals surface area (Å²) in [5.41, 5.74) is 5.63. The molecule has 0 spiro atoms. The lowest BCUT2D eigenvalue weighted by atomic mass is 9.97. The Morgan fingerprint density at radius 3 is 2.13 bits per heavy atom. The van der Waals surface area contributed by atoms with Crippen molar-refractivity contribution >= 4 is 0 Å². The normalized spacial score (nSPS) is 17.0. The number of nitrogens with one attached hydrogen (secondary N) is 1. The summed E-state index contributed by atoms with van der Waals surface area (Å²) in [6, 6.07) is 0.536. The van der Waals surface area contributed by atoms with Gasteiger partial charge in [-0.25, -0.2) is 0 Å². The van der Waals surface area contributed by atoms with E-state index in [4.69, 9.17) is 5.73 Å². The first-order chi connectivity index (χ1) is 7.31. The lowest BCUT2D eigenvalue weighted by molar-refractivity contribution is 0.441. The van der Waals surface area contributed by atoms with Gasteiger partial charge in [0.15, 0.2) is 0 Å². The first kappa shape index (κ1) is 14.9. The molecule has 1 saturated carbocycles. The summed E-state index contributed by atoms with van der Waals surface area (Å²) >= 11 is 0. The molecule has 1 aliphatic rings. The molecular weight excluding hydrogens is 184 g/mol. The molecule has 0 atom stereocenters. The first-order valence-corrected chi connectivity index (χ1v) is 6.71. The molecule has 0 aromatic heterocycles. The second-order valence-corrected chi connectivity index (χ2v) is 4.56. The molecular formula is C13H30N2. The van der Waals surface area contributed by atoms with Crippen LogP contribution in [0.5, 0.6) is 0 Å². The van der Waals surface area contributed by atoms with Gasteiger partial charge in [-0.05, 0) is 32.9 Å². The van der Waals surface area contributed by atoms with Crippen LogP contribution in [-0.2, 0) is 0 Å². The van der Waals surface area contributed by atoms with Crippen molar-refractivity contribution in [3.05, 3.63) is 0 Å². The zero-order chi connectivity index (χ0) is 11.4. The van der Waals surface area contributed by atoms with E-state index in [-0.39, 0.29) is 0 Å². The molecule has 0 amide bonds. The molecule has 92 valence electrons. The van der Waals surface area contributed by atoms with Crippen LogP contribution in [0.4, 0.5) is 0 Å². The zero-order valence-corrected chi connectivity index (χ0v) is 10.7. The van der Waals surface area contributed by atoms with Gasteiger partial charge < -0.3 is 11.1 Å². The Hall–Kier alpha value is -0.0800. The van der Waals surface area contributed by atoms with Crippen molar-refractivity contribution in [3.63, 3.8) is 0 Å². The lowest BCUT2D eigenvalue weighted by Crippen LogP contribution is -2.22. The molecule has 0 heterocycles. The van der Waals surface area contributed by atoms with Crippen LogP contribution in [0.15, 0.2) is 0 Å². The number of nitrogens with two attached hydrogens (primary N) is 1. The fraction of sp³-hybridized carbons (Fsp3) is 1.00. The van der Waals surface area contributed by atoms with E-state index in [2.05, 4.69) is 12.2 Å². The molecule has 0 radical (unpaired) electrons. The molecule has 2 heteroatoms. The van der Waals surface area contributed by atoms with Crippen LogP contribution >= 0.6 is 0 Å². The molecule has 0 bridgehead atoms. The molecule has 15 heavy (non-hydrogen) atoms. The Morgan fingerprint density at radius 2 is 1.73 bits per heavy atom. The fourth-order valence-corrected chi connectivity index (χ4v) is 1.86. The van der Waals surface area contributed by atoms with Crippen molar-refractivity contribution in [1.29, 1.82) is 0 Å². The van der Waals surface area contributed by atoms with E-state index < -0.39 is 0 Å². The van der Waals surface area contributed by atoms with Crippen LogP contribution < -0.4 is 11.1 Å². The minimum Gasteiger partial charge on any atom is -0.328 e. The summed E-state index contributed by atoms with van der Waals surface area (Å²) in [4.78, 5) is 0. The molecule has 0 aliphatic heterocycles. The molecule has 2 nitrogen and oxygen atoms in total. The maximum absolute atomic E-state index is 5.63. The average molecular weight is 214 g/mol. The van der Waals surface area contributed by atoms with Crippen LogP contribution in [0.2, 0.25) is 0 Å². The van der Waals surface area contributed by atoms with Crippen LogP contribution in [0.25, 0.3) is 0 Å². The van der Waals surface area contributed by atoms with Gasteiger partial charge in [0, 0.05) is 6.04 Å². The SMILES string of the molecule is CCCCCCNC.NC1CCCCC1. The highest BCUT2D eigenvalue weighted by atomic mass is 14.8. The summed E-state index contributed by atoms with van der Waals surface area (Å²) in [6.45, 7) is 3.42. The number of hydrogen-bond acceptors (Lipinski definition) is 2. The third-order valence-corrected chi connectivity index (χ3v) is 2.93. The minimum absolute atomic E-state index is 0.536. The predicted molar refractivity (Wildman–Crippen MR) is 69.1 cm³/mol. The Morgan fingerprint density at radius 1 is 1.07 bits per heavy atom. The molecule has 1 aliphatic carbocycles. The van der Waals surface area contributed by atoms with Gasteiger partial charge in [0.05, 0.1) is 0 Å². The maximum Gasteiger partial charge on any atom is 0.00388 e. The van der Waals surface area contributed by atoms with Crippen molar-refractivity contribution in [2.24, 2.45) is 5.73 Å². The third-order valence-electron chi connectivity index (χ3n) is 2.93. The average Bonchev–Trinajstić information content (AvgIpc) is 2.27. The van der Waals surface area contributed by atoms with Gasteiger partial charge in [0.1, 0.15) is 0 Å². The maximum atomic E-state index is 5.63. The van der Waals surface area contributed by atoms with Crippen LogP contribution in [0, 0.1) is 0 Å². The number of rotatable bonds is 5. The van der Waals surface area contributed by atoms with Crippen molar-refractivity contribution in [2.45, 2.75) is 70.8 Å². The summed E-state index contributed by atoms with van der Waals surface area (Å²) < 4.78 is 0. The van der Waals surface area contributed by atoms with Gasteiger partial charge in [0.25, 0.3) is 0 Å². The van der Waals surface area contributed by atoms with Crippen LogP contribution in [0.3, 0.4) is 0 Å². The summed E-state index contributed by atoms with van der Waals surface area (Å²) in [5.74, 6) is 0. The van der Waals surface area contributed by atoms with E-state index in [0.717, 1.165) is 0 Å². The number of unbranched alkanes of at least 4 members (excludes halogenated alkanes) is 3. The van der Waals surface area contributed by atoms with E-state index in [1.54, 1.807) is 0 Å². The van der Waals surface area contributed by atoms with Gasteiger partial charge in [0.2, 0.25) is 0 Å². The standard InChI is InChI=1S/C7H17N.C6H13N/c1-3-4-5-6-7-8-2;7-6-4-2-1-3-5-6/h8H,3-7H2,1-2H3;6H,1-5,7H2. The molecule has 0 aromatic rings. The van der Waals surface area contributed by atoms with E-state index in [1.165, 1.54) is 64.3 Å². The third kappa shape index (κ3) is 11.8. The quantitative estimate of drug-likeness (QED) is 0.690. The van der Waals surface area contributed by atoms with Crippen molar-refractivity contribution in [1.82, 2.24) is 5.32 Å². The molecule has 1 fully saturated rings. The van der Waals surface area contributed by atoms with Crippen LogP contribution in [0.1, 0.15) is 64.7 Å². The van der Waals surface area contributed by atoms with Gasteiger partial charge in [-0.2, -0.15) is 0 Å².